The Labute approximate surface area is 113 Å². The lowest BCUT2D eigenvalue weighted by molar-refractivity contribution is 0.132. The first-order chi connectivity index (χ1) is 8.63. The van der Waals surface area contributed by atoms with E-state index < -0.39 is 0 Å². The summed E-state index contributed by atoms with van der Waals surface area (Å²) in [6, 6.07) is 7.95. The van der Waals surface area contributed by atoms with Crippen LogP contribution in [0.2, 0.25) is 0 Å². The molecule has 0 amide bonds. The first-order valence-electron chi connectivity index (χ1n) is 6.07. The Morgan fingerprint density at radius 1 is 1.44 bits per heavy atom. The van der Waals surface area contributed by atoms with Gasteiger partial charge in [0.05, 0.1) is 0 Å². The van der Waals surface area contributed by atoms with Crippen molar-refractivity contribution in [3.05, 3.63) is 29.8 Å². The van der Waals surface area contributed by atoms with Gasteiger partial charge >= 0.3 is 0 Å². The third-order valence-electron chi connectivity index (χ3n) is 2.99. The second-order valence-corrected chi connectivity index (χ2v) is 4.65. The van der Waals surface area contributed by atoms with E-state index in [0.29, 0.717) is 5.11 Å². The van der Waals surface area contributed by atoms with Gasteiger partial charge in [0.25, 0.3) is 0 Å². The van der Waals surface area contributed by atoms with Crippen molar-refractivity contribution in [1.29, 1.82) is 0 Å². The molecule has 0 N–H and O–H groups in total. The van der Waals surface area contributed by atoms with Gasteiger partial charge in [-0.25, -0.2) is 0 Å². The topological polar surface area (TPSA) is 37.2 Å². The van der Waals surface area contributed by atoms with Crippen LogP contribution in [0.1, 0.15) is 19.4 Å². The highest BCUT2D eigenvalue weighted by Gasteiger charge is 2.31. The predicted molar refractivity (Wildman–Crippen MR) is 74.9 cm³/mol. The minimum atomic E-state index is -0.123. The van der Waals surface area contributed by atoms with Crippen molar-refractivity contribution in [2.45, 2.75) is 33.0 Å². The lowest BCUT2D eigenvalue weighted by atomic mass is 10.2. The second-order valence-electron chi connectivity index (χ2n) is 4.29. The summed E-state index contributed by atoms with van der Waals surface area (Å²) in [7, 11) is 0. The molecule has 0 saturated heterocycles. The highest BCUT2D eigenvalue weighted by Crippen LogP contribution is 2.23. The number of ether oxygens (including phenoxy) is 1. The molecule has 1 aliphatic heterocycles. The first kappa shape index (κ1) is 13.0. The Hall–Kier alpha value is -1.49. The maximum absolute atomic E-state index is 5.95. The molecule has 1 aliphatic rings. The SMILES string of the molecule is CCN1C(=S)N=NC1C(C)Oc1ccccc1C. The third kappa shape index (κ3) is 2.51. The number of benzene rings is 1. The van der Waals surface area contributed by atoms with Crippen molar-refractivity contribution in [2.75, 3.05) is 6.54 Å². The van der Waals surface area contributed by atoms with Crippen molar-refractivity contribution >= 4 is 17.3 Å². The van der Waals surface area contributed by atoms with E-state index in [0.717, 1.165) is 17.9 Å². The van der Waals surface area contributed by atoms with Crippen LogP contribution in [-0.2, 0) is 0 Å². The van der Waals surface area contributed by atoms with E-state index in [1.54, 1.807) is 0 Å². The quantitative estimate of drug-likeness (QED) is 0.783. The number of rotatable bonds is 4. The standard InChI is InChI=1S/C13H17N3OS/c1-4-16-12(14-15-13(16)18)10(3)17-11-8-6-5-7-9(11)2/h5-8,10,12H,4H2,1-3H3. The smallest absolute Gasteiger partial charge is 0.217 e. The van der Waals surface area contributed by atoms with Gasteiger partial charge in [-0.3, -0.25) is 0 Å². The number of hydrogen-bond donors (Lipinski definition) is 0. The molecular formula is C13H17N3OS. The van der Waals surface area contributed by atoms with Crippen molar-refractivity contribution in [3.8, 4) is 5.75 Å². The number of aryl methyl sites for hydroxylation is 1. The number of hydrogen-bond acceptors (Lipinski definition) is 3. The second kappa shape index (κ2) is 5.44. The molecule has 0 aliphatic carbocycles. The maximum atomic E-state index is 5.95. The molecule has 5 heteroatoms. The van der Waals surface area contributed by atoms with E-state index >= 15 is 0 Å². The molecule has 18 heavy (non-hydrogen) atoms. The number of nitrogens with zero attached hydrogens (tertiary/aromatic N) is 3. The fraction of sp³-hybridized carbons (Fsp3) is 0.462. The van der Waals surface area contributed by atoms with E-state index in [1.165, 1.54) is 0 Å². The third-order valence-corrected chi connectivity index (χ3v) is 3.31. The Morgan fingerprint density at radius 2 is 2.17 bits per heavy atom. The van der Waals surface area contributed by atoms with Crippen LogP contribution >= 0.6 is 12.2 Å². The summed E-state index contributed by atoms with van der Waals surface area (Å²) in [5.41, 5.74) is 1.12. The van der Waals surface area contributed by atoms with Gasteiger partial charge in [0, 0.05) is 6.54 Å². The van der Waals surface area contributed by atoms with Gasteiger partial charge in [0.15, 0.2) is 6.17 Å². The van der Waals surface area contributed by atoms with Gasteiger partial charge in [-0.1, -0.05) is 18.2 Å². The average molecular weight is 263 g/mol. The molecule has 1 aromatic carbocycles. The van der Waals surface area contributed by atoms with E-state index in [1.807, 2.05) is 49.9 Å². The zero-order valence-corrected chi connectivity index (χ0v) is 11.6. The van der Waals surface area contributed by atoms with Crippen LogP contribution < -0.4 is 4.74 Å². The molecule has 0 bridgehead atoms. The predicted octanol–water partition coefficient (Wildman–Crippen LogP) is 3.16. The molecule has 1 heterocycles. The zero-order chi connectivity index (χ0) is 13.1. The molecule has 0 spiro atoms. The summed E-state index contributed by atoms with van der Waals surface area (Å²) in [6.45, 7) is 6.85. The summed E-state index contributed by atoms with van der Waals surface area (Å²) in [4.78, 5) is 1.97. The van der Waals surface area contributed by atoms with Crippen molar-refractivity contribution in [3.63, 3.8) is 0 Å². The van der Waals surface area contributed by atoms with Crippen molar-refractivity contribution in [1.82, 2.24) is 4.90 Å². The van der Waals surface area contributed by atoms with Gasteiger partial charge in [-0.2, -0.15) is 5.11 Å². The molecule has 1 aromatic rings. The highest BCUT2D eigenvalue weighted by atomic mass is 32.1. The molecule has 4 nitrogen and oxygen atoms in total. The lowest BCUT2D eigenvalue weighted by Gasteiger charge is -2.27. The number of thiocarbonyl (C=S) groups is 1. The molecule has 2 atom stereocenters. The van der Waals surface area contributed by atoms with Crippen LogP contribution in [0.5, 0.6) is 5.75 Å². The van der Waals surface area contributed by atoms with E-state index in [4.69, 9.17) is 17.0 Å². The number of likely N-dealkylation sites (N-methyl/N-ethyl adjacent to an activating group) is 1. The van der Waals surface area contributed by atoms with Gasteiger partial charge in [-0.05, 0) is 44.6 Å². The normalized spacial score (nSPS) is 20.3. The van der Waals surface area contributed by atoms with Crippen LogP contribution in [0.4, 0.5) is 0 Å². The Bertz CT molecular complexity index is 475. The van der Waals surface area contributed by atoms with Gasteiger partial charge < -0.3 is 9.64 Å². The van der Waals surface area contributed by atoms with Crippen LogP contribution in [-0.4, -0.2) is 28.8 Å². The molecule has 0 fully saturated rings. The van der Waals surface area contributed by atoms with Gasteiger partial charge in [0.2, 0.25) is 5.11 Å². The fourth-order valence-electron chi connectivity index (χ4n) is 1.96. The molecule has 2 unspecified atom stereocenters. The van der Waals surface area contributed by atoms with Crippen LogP contribution in [0.3, 0.4) is 0 Å². The summed E-state index contributed by atoms with van der Waals surface area (Å²) in [6.07, 6.45) is -0.211. The summed E-state index contributed by atoms with van der Waals surface area (Å²) in [5.74, 6) is 0.883. The summed E-state index contributed by atoms with van der Waals surface area (Å²) in [5, 5.41) is 8.68. The van der Waals surface area contributed by atoms with Crippen molar-refractivity contribution < 1.29 is 4.74 Å². The summed E-state index contributed by atoms with van der Waals surface area (Å²) < 4.78 is 5.95. The molecule has 2 rings (SSSR count). The van der Waals surface area contributed by atoms with Crippen molar-refractivity contribution in [2.24, 2.45) is 10.2 Å². The van der Waals surface area contributed by atoms with E-state index in [9.17, 15) is 0 Å². The Balaban J connectivity index is 2.09. The van der Waals surface area contributed by atoms with Crippen LogP contribution in [0.25, 0.3) is 0 Å². The minimum Gasteiger partial charge on any atom is -0.486 e. The first-order valence-corrected chi connectivity index (χ1v) is 6.48. The van der Waals surface area contributed by atoms with Crippen LogP contribution in [0.15, 0.2) is 34.5 Å². The average Bonchev–Trinajstić information content (AvgIpc) is 2.73. The van der Waals surface area contributed by atoms with Crippen LogP contribution in [0, 0.1) is 6.92 Å². The monoisotopic (exact) mass is 263 g/mol. The molecule has 0 radical (unpaired) electrons. The van der Waals surface area contributed by atoms with E-state index in [2.05, 4.69) is 10.2 Å². The maximum Gasteiger partial charge on any atom is 0.217 e. The number of azo groups is 1. The largest absolute Gasteiger partial charge is 0.486 e. The van der Waals surface area contributed by atoms with Gasteiger partial charge in [0.1, 0.15) is 11.9 Å². The summed E-state index contributed by atoms with van der Waals surface area (Å²) >= 11 is 5.14. The number of para-hydroxylation sites is 1. The minimum absolute atomic E-state index is 0.0877. The molecule has 96 valence electrons. The molecule has 0 saturated carbocycles. The molecular weight excluding hydrogens is 246 g/mol. The van der Waals surface area contributed by atoms with E-state index in [-0.39, 0.29) is 12.3 Å². The lowest BCUT2D eigenvalue weighted by Crippen LogP contribution is -2.42. The fourth-order valence-corrected chi connectivity index (χ4v) is 2.25. The molecule has 0 aromatic heterocycles. The van der Waals surface area contributed by atoms with Gasteiger partial charge in [-0.15, -0.1) is 5.11 Å². The zero-order valence-electron chi connectivity index (χ0n) is 10.8. The Morgan fingerprint density at radius 3 is 2.83 bits per heavy atom. The Kier molecular flexibility index (Phi) is 3.91. The highest BCUT2D eigenvalue weighted by molar-refractivity contribution is 7.80.